The second-order valence-corrected chi connectivity index (χ2v) is 8.13. The highest BCUT2D eigenvalue weighted by atomic mass is 19.4. The summed E-state index contributed by atoms with van der Waals surface area (Å²) in [6.45, 7) is 2.31. The molecule has 3 aromatic carbocycles. The van der Waals surface area contributed by atoms with Crippen molar-refractivity contribution in [3.8, 4) is 11.5 Å². The Balaban J connectivity index is 1.76. The van der Waals surface area contributed by atoms with Crippen LogP contribution in [-0.4, -0.2) is 42.5 Å². The topological polar surface area (TPSA) is 126 Å². The molecule has 1 atom stereocenters. The Hall–Kier alpha value is -4.74. The van der Waals surface area contributed by atoms with Crippen LogP contribution in [0, 0.1) is 0 Å². The van der Waals surface area contributed by atoms with Crippen molar-refractivity contribution in [1.29, 1.82) is 0 Å². The fourth-order valence-corrected chi connectivity index (χ4v) is 3.53. The molecule has 0 aliphatic carbocycles. The Bertz CT molecular complexity index is 1260. The number of carboxylic acids is 1. The molecule has 0 saturated heterocycles. The van der Waals surface area contributed by atoms with Crippen molar-refractivity contribution in [2.24, 2.45) is 0 Å². The maximum Gasteiger partial charge on any atom is 0.573 e. The summed E-state index contributed by atoms with van der Waals surface area (Å²) in [7, 11) is 0. The summed E-state index contributed by atoms with van der Waals surface area (Å²) in [5, 5.41) is 16.6. The highest BCUT2D eigenvalue weighted by molar-refractivity contribution is 5.94. The number of benzene rings is 3. The fourth-order valence-electron chi connectivity index (χ4n) is 3.53. The van der Waals surface area contributed by atoms with Crippen molar-refractivity contribution in [2.75, 3.05) is 18.5 Å². The van der Waals surface area contributed by atoms with E-state index in [0.29, 0.717) is 29.0 Å². The van der Waals surface area contributed by atoms with Crippen LogP contribution in [0.25, 0.3) is 0 Å². The standard InChI is InChI=1S/C27H26F3N3O6/c1-2-38-21-11-7-18(8-12-21)24(17-3-5-19(6-4-17)25(36)31-16-15-23(34)35)33-26(37)32-20-9-13-22(14-10-20)39-27(28,29)30/h3-14,24H,2,15-16H2,1H3,(H,31,36)(H,34,35)(H2,32,33,37). The maximum absolute atomic E-state index is 12.8. The van der Waals surface area contributed by atoms with Crippen LogP contribution in [0.1, 0.15) is 40.9 Å². The van der Waals surface area contributed by atoms with Crippen LogP contribution in [0.2, 0.25) is 0 Å². The van der Waals surface area contributed by atoms with Gasteiger partial charge in [0.05, 0.1) is 19.1 Å². The molecule has 0 aliphatic heterocycles. The molecular weight excluding hydrogens is 519 g/mol. The molecule has 206 valence electrons. The normalized spacial score (nSPS) is 11.7. The predicted octanol–water partition coefficient (Wildman–Crippen LogP) is 5.10. The third-order valence-electron chi connectivity index (χ3n) is 5.28. The Labute approximate surface area is 221 Å². The average molecular weight is 546 g/mol. The molecule has 0 aromatic heterocycles. The summed E-state index contributed by atoms with van der Waals surface area (Å²) in [4.78, 5) is 35.8. The number of halogens is 3. The molecule has 12 heteroatoms. The molecular formula is C27H26F3N3O6. The number of hydrogen-bond acceptors (Lipinski definition) is 5. The van der Waals surface area contributed by atoms with Crippen molar-refractivity contribution in [3.63, 3.8) is 0 Å². The van der Waals surface area contributed by atoms with E-state index in [1.54, 1.807) is 48.5 Å². The number of urea groups is 1. The van der Waals surface area contributed by atoms with Crippen molar-refractivity contribution >= 4 is 23.6 Å². The van der Waals surface area contributed by atoms with Gasteiger partial charge in [0.25, 0.3) is 5.91 Å². The lowest BCUT2D eigenvalue weighted by molar-refractivity contribution is -0.274. The first-order chi connectivity index (χ1) is 18.5. The summed E-state index contributed by atoms with van der Waals surface area (Å²) in [5.41, 5.74) is 1.87. The molecule has 4 N–H and O–H groups in total. The van der Waals surface area contributed by atoms with E-state index in [1.807, 2.05) is 6.92 Å². The van der Waals surface area contributed by atoms with Crippen molar-refractivity contribution < 1.29 is 42.1 Å². The minimum Gasteiger partial charge on any atom is -0.494 e. The lowest BCUT2D eigenvalue weighted by Gasteiger charge is -2.21. The first-order valence-electron chi connectivity index (χ1n) is 11.8. The molecule has 3 amide bonds. The van der Waals surface area contributed by atoms with Gasteiger partial charge in [-0.2, -0.15) is 0 Å². The molecule has 3 aromatic rings. The molecule has 0 aliphatic rings. The van der Waals surface area contributed by atoms with E-state index in [4.69, 9.17) is 9.84 Å². The molecule has 3 rings (SSSR count). The number of ether oxygens (including phenoxy) is 2. The van der Waals surface area contributed by atoms with Gasteiger partial charge < -0.3 is 30.5 Å². The SMILES string of the molecule is CCOc1ccc(C(NC(=O)Nc2ccc(OC(F)(F)F)cc2)c2ccc(C(=O)NCCC(=O)O)cc2)cc1. The van der Waals surface area contributed by atoms with E-state index in [-0.39, 0.29) is 18.7 Å². The summed E-state index contributed by atoms with van der Waals surface area (Å²) in [6.07, 6.45) is -5.04. The summed E-state index contributed by atoms with van der Waals surface area (Å²) in [6, 6.07) is 16.8. The zero-order chi connectivity index (χ0) is 28.4. The fraction of sp³-hybridized carbons (Fsp3) is 0.222. The minimum absolute atomic E-state index is 0.0181. The Morgan fingerprint density at radius 2 is 1.44 bits per heavy atom. The lowest BCUT2D eigenvalue weighted by Crippen LogP contribution is -2.33. The van der Waals surface area contributed by atoms with E-state index >= 15 is 0 Å². The number of carbonyl (C=O) groups is 3. The Morgan fingerprint density at radius 3 is 1.97 bits per heavy atom. The highest BCUT2D eigenvalue weighted by Gasteiger charge is 2.31. The first-order valence-corrected chi connectivity index (χ1v) is 11.8. The molecule has 0 spiro atoms. The quantitative estimate of drug-likeness (QED) is 0.266. The second kappa shape index (κ2) is 13.2. The minimum atomic E-state index is -4.83. The van der Waals surface area contributed by atoms with Crippen molar-refractivity contribution in [1.82, 2.24) is 10.6 Å². The third kappa shape index (κ3) is 9.26. The number of alkyl halides is 3. The van der Waals surface area contributed by atoms with Crippen LogP contribution >= 0.6 is 0 Å². The third-order valence-corrected chi connectivity index (χ3v) is 5.28. The van der Waals surface area contributed by atoms with E-state index in [2.05, 4.69) is 20.7 Å². The number of nitrogens with one attached hydrogen (secondary N) is 3. The van der Waals surface area contributed by atoms with Gasteiger partial charge in [0.2, 0.25) is 0 Å². The molecule has 39 heavy (non-hydrogen) atoms. The summed E-state index contributed by atoms with van der Waals surface area (Å²) < 4.78 is 46.5. The monoisotopic (exact) mass is 545 g/mol. The van der Waals surface area contributed by atoms with Gasteiger partial charge in [-0.25, -0.2) is 4.79 Å². The van der Waals surface area contributed by atoms with Crippen molar-refractivity contribution in [2.45, 2.75) is 25.7 Å². The van der Waals surface area contributed by atoms with E-state index in [1.165, 1.54) is 12.1 Å². The molecule has 0 fully saturated rings. The second-order valence-electron chi connectivity index (χ2n) is 8.13. The van der Waals surface area contributed by atoms with Gasteiger partial charge in [0.1, 0.15) is 11.5 Å². The number of carboxylic acid groups (broad SMARTS) is 1. The van der Waals surface area contributed by atoms with Crippen molar-refractivity contribution in [3.05, 3.63) is 89.5 Å². The molecule has 9 nitrogen and oxygen atoms in total. The van der Waals surface area contributed by atoms with Gasteiger partial charge >= 0.3 is 18.4 Å². The van der Waals surface area contributed by atoms with Crippen LogP contribution in [0.3, 0.4) is 0 Å². The molecule has 0 bridgehead atoms. The first kappa shape index (κ1) is 28.8. The van der Waals surface area contributed by atoms with Crippen LogP contribution in [0.15, 0.2) is 72.8 Å². The van der Waals surface area contributed by atoms with Crippen LogP contribution in [0.5, 0.6) is 11.5 Å². The number of rotatable bonds is 11. The zero-order valence-corrected chi connectivity index (χ0v) is 20.7. The van der Waals surface area contributed by atoms with Gasteiger partial charge in [0.15, 0.2) is 0 Å². The average Bonchev–Trinajstić information content (AvgIpc) is 2.88. The Morgan fingerprint density at radius 1 is 0.872 bits per heavy atom. The summed E-state index contributed by atoms with van der Waals surface area (Å²) in [5.74, 6) is -1.25. The van der Waals surface area contributed by atoms with Gasteiger partial charge in [-0.15, -0.1) is 13.2 Å². The largest absolute Gasteiger partial charge is 0.573 e. The van der Waals surface area contributed by atoms with E-state index < -0.39 is 36.1 Å². The molecule has 0 saturated carbocycles. The summed E-state index contributed by atoms with van der Waals surface area (Å²) >= 11 is 0. The molecule has 0 radical (unpaired) electrons. The van der Waals surface area contributed by atoms with Gasteiger partial charge in [0, 0.05) is 17.8 Å². The smallest absolute Gasteiger partial charge is 0.494 e. The van der Waals surface area contributed by atoms with E-state index in [0.717, 1.165) is 12.1 Å². The van der Waals surface area contributed by atoms with Crippen LogP contribution in [-0.2, 0) is 4.79 Å². The highest BCUT2D eigenvalue weighted by Crippen LogP contribution is 2.26. The number of anilines is 1. The van der Waals surface area contributed by atoms with Crippen LogP contribution in [0.4, 0.5) is 23.7 Å². The number of amides is 3. The number of carbonyl (C=O) groups excluding carboxylic acids is 2. The maximum atomic E-state index is 12.8. The number of aliphatic carboxylic acids is 1. The zero-order valence-electron chi connectivity index (χ0n) is 20.7. The molecule has 0 heterocycles. The van der Waals surface area contributed by atoms with Gasteiger partial charge in [-0.1, -0.05) is 24.3 Å². The predicted molar refractivity (Wildman–Crippen MR) is 136 cm³/mol. The van der Waals surface area contributed by atoms with Gasteiger partial charge in [-0.3, -0.25) is 9.59 Å². The van der Waals surface area contributed by atoms with Gasteiger partial charge in [-0.05, 0) is 66.6 Å². The Kier molecular flexibility index (Phi) is 9.74. The lowest BCUT2D eigenvalue weighted by atomic mass is 9.97. The van der Waals surface area contributed by atoms with E-state index in [9.17, 15) is 27.6 Å². The molecule has 1 unspecified atom stereocenters. The number of hydrogen-bond donors (Lipinski definition) is 4. The van der Waals surface area contributed by atoms with Crippen LogP contribution < -0.4 is 25.4 Å².